The molecule has 0 aliphatic heterocycles. The minimum atomic E-state index is 0.704. The van der Waals surface area contributed by atoms with Gasteiger partial charge in [0.2, 0.25) is 0 Å². The minimum absolute atomic E-state index is 0.704. The van der Waals surface area contributed by atoms with E-state index in [9.17, 15) is 0 Å². The summed E-state index contributed by atoms with van der Waals surface area (Å²) in [4.78, 5) is 10.3. The first-order valence-corrected chi connectivity index (χ1v) is 19.0. The van der Waals surface area contributed by atoms with E-state index in [-0.39, 0.29) is 0 Å². The highest BCUT2D eigenvalue weighted by molar-refractivity contribution is 6.39. The summed E-state index contributed by atoms with van der Waals surface area (Å²) in [6, 6.07) is 62.0. The molecule has 0 fully saturated rings. The molecular formula is C51H32N4O. The highest BCUT2D eigenvalue weighted by atomic mass is 16.3. The van der Waals surface area contributed by atoms with Crippen molar-refractivity contribution in [2.24, 2.45) is 0 Å². The van der Waals surface area contributed by atoms with Crippen LogP contribution in [0, 0.1) is 6.92 Å². The van der Waals surface area contributed by atoms with Crippen molar-refractivity contribution in [1.29, 1.82) is 0 Å². The quantitative estimate of drug-likeness (QED) is 0.182. The molecule has 0 N–H and O–H groups in total. The molecule has 0 saturated carbocycles. The van der Waals surface area contributed by atoms with Crippen molar-refractivity contribution in [2.45, 2.75) is 6.92 Å². The monoisotopic (exact) mass is 716 g/mol. The maximum atomic E-state index is 6.95. The third-order valence-corrected chi connectivity index (χ3v) is 11.4. The highest BCUT2D eigenvalue weighted by Gasteiger charge is 2.28. The molecular weight excluding hydrogens is 685 g/mol. The number of aryl methyl sites for hydroxylation is 1. The van der Waals surface area contributed by atoms with E-state index >= 15 is 0 Å². The third kappa shape index (κ3) is 4.31. The zero-order valence-corrected chi connectivity index (χ0v) is 30.4. The fourth-order valence-electron chi connectivity index (χ4n) is 9.04. The molecule has 0 aliphatic carbocycles. The Morgan fingerprint density at radius 2 is 1.07 bits per heavy atom. The number of benzene rings is 8. The fourth-order valence-corrected chi connectivity index (χ4v) is 9.04. The highest BCUT2D eigenvalue weighted by Crippen LogP contribution is 2.49. The molecule has 0 unspecified atom stereocenters. The van der Waals surface area contributed by atoms with Crippen LogP contribution in [0.15, 0.2) is 180 Å². The van der Waals surface area contributed by atoms with E-state index in [0.717, 1.165) is 99.4 Å². The van der Waals surface area contributed by atoms with Crippen molar-refractivity contribution in [3.8, 4) is 34.0 Å². The van der Waals surface area contributed by atoms with Gasteiger partial charge in [0, 0.05) is 54.8 Å². The van der Waals surface area contributed by atoms with E-state index in [1.807, 2.05) is 12.1 Å². The van der Waals surface area contributed by atoms with Gasteiger partial charge in [-0.15, -0.1) is 0 Å². The normalized spacial score (nSPS) is 12.0. The van der Waals surface area contributed by atoms with Crippen LogP contribution in [-0.2, 0) is 0 Å². The molecule has 0 radical (unpaired) electrons. The molecule has 262 valence electrons. The van der Waals surface area contributed by atoms with E-state index in [2.05, 4.69) is 180 Å². The number of para-hydroxylation sites is 5. The van der Waals surface area contributed by atoms with Gasteiger partial charge >= 0.3 is 0 Å². The maximum absolute atomic E-state index is 6.95. The molecule has 56 heavy (non-hydrogen) atoms. The van der Waals surface area contributed by atoms with E-state index in [4.69, 9.17) is 14.4 Å². The molecule has 0 amide bonds. The first-order chi connectivity index (χ1) is 27.7. The lowest BCUT2D eigenvalue weighted by molar-refractivity contribution is 0.673. The van der Waals surface area contributed by atoms with Crippen LogP contribution in [-0.4, -0.2) is 19.1 Å². The number of rotatable bonds is 4. The molecule has 5 nitrogen and oxygen atoms in total. The van der Waals surface area contributed by atoms with Crippen LogP contribution in [0.4, 0.5) is 0 Å². The van der Waals surface area contributed by atoms with Gasteiger partial charge in [-0.05, 0) is 67.1 Å². The molecule has 8 aromatic carbocycles. The van der Waals surface area contributed by atoms with Crippen molar-refractivity contribution in [3.05, 3.63) is 181 Å². The number of fused-ring (bicyclic) bond motifs is 13. The van der Waals surface area contributed by atoms with Crippen LogP contribution in [0.25, 0.3) is 110 Å². The van der Waals surface area contributed by atoms with Gasteiger partial charge in [0.15, 0.2) is 5.82 Å². The molecule has 0 spiro atoms. The SMILES string of the molecule is Cc1cc(-c2nc(-c3ccccc3)c3ccccc3n2)ccc1-n1c2ccccc2c2c3oc4ccccc4c3c3c4ccccc4n(-c4ccccc4)c3c21. The van der Waals surface area contributed by atoms with Gasteiger partial charge in [0.05, 0.1) is 38.7 Å². The lowest BCUT2D eigenvalue weighted by Crippen LogP contribution is -2.01. The second-order valence-electron chi connectivity index (χ2n) is 14.6. The van der Waals surface area contributed by atoms with Crippen molar-refractivity contribution >= 4 is 76.5 Å². The summed E-state index contributed by atoms with van der Waals surface area (Å²) in [7, 11) is 0. The lowest BCUT2D eigenvalue weighted by atomic mass is 10.0. The Hall–Kier alpha value is -7.50. The van der Waals surface area contributed by atoms with E-state index < -0.39 is 0 Å². The van der Waals surface area contributed by atoms with Gasteiger partial charge in [-0.25, -0.2) is 9.97 Å². The van der Waals surface area contributed by atoms with E-state index in [0.29, 0.717) is 5.82 Å². The lowest BCUT2D eigenvalue weighted by Gasteiger charge is -2.16. The summed E-state index contributed by atoms with van der Waals surface area (Å²) in [5.74, 6) is 0.704. The summed E-state index contributed by atoms with van der Waals surface area (Å²) in [6.45, 7) is 2.20. The number of furan rings is 1. The summed E-state index contributed by atoms with van der Waals surface area (Å²) in [5, 5.41) is 7.93. The summed E-state index contributed by atoms with van der Waals surface area (Å²) < 4.78 is 11.8. The zero-order valence-electron chi connectivity index (χ0n) is 30.4. The largest absolute Gasteiger partial charge is 0.455 e. The number of hydrogen-bond donors (Lipinski definition) is 0. The Kier molecular flexibility index (Phi) is 6.48. The Morgan fingerprint density at radius 3 is 1.84 bits per heavy atom. The predicted octanol–water partition coefficient (Wildman–Crippen LogP) is 13.4. The molecule has 0 atom stereocenters. The Labute approximate surface area is 321 Å². The molecule has 12 rings (SSSR count). The number of aromatic nitrogens is 4. The predicted molar refractivity (Wildman–Crippen MR) is 231 cm³/mol. The molecule has 12 aromatic rings. The van der Waals surface area contributed by atoms with Gasteiger partial charge in [-0.1, -0.05) is 121 Å². The fraction of sp³-hybridized carbons (Fsp3) is 0.0196. The maximum Gasteiger partial charge on any atom is 0.160 e. The average Bonchev–Trinajstić information content (AvgIpc) is 3.92. The van der Waals surface area contributed by atoms with Crippen LogP contribution in [0.1, 0.15) is 5.56 Å². The standard InChI is InChI=1S/C51H32N4O/c1-31-30-33(51-52-39-24-12-8-20-35(39)47(53-51)32-16-4-2-5-17-32)28-29-40(31)55-42-26-14-10-22-37(42)46-49(55)48-44(45-38-23-11-15-27-43(38)56-50(45)46)36-21-9-13-25-41(36)54(48)34-18-6-3-7-19-34/h2-30H,1H3. The molecule has 4 heterocycles. The van der Waals surface area contributed by atoms with E-state index in [1.54, 1.807) is 0 Å². The molecule has 0 bridgehead atoms. The van der Waals surface area contributed by atoms with Crippen LogP contribution in [0.5, 0.6) is 0 Å². The third-order valence-electron chi connectivity index (χ3n) is 11.4. The van der Waals surface area contributed by atoms with Gasteiger partial charge in [0.1, 0.15) is 11.2 Å². The van der Waals surface area contributed by atoms with Crippen molar-refractivity contribution in [1.82, 2.24) is 19.1 Å². The molecule has 5 heteroatoms. The molecule has 4 aromatic heterocycles. The Balaban J connectivity index is 1.21. The molecule has 0 saturated heterocycles. The Bertz CT molecular complexity index is 3540. The van der Waals surface area contributed by atoms with E-state index in [1.165, 1.54) is 10.8 Å². The first kappa shape index (κ1) is 30.9. The molecule has 0 aliphatic rings. The second-order valence-corrected chi connectivity index (χ2v) is 14.6. The average molecular weight is 717 g/mol. The second kappa shape index (κ2) is 11.7. The van der Waals surface area contributed by atoms with Gasteiger partial charge in [0.25, 0.3) is 0 Å². The minimum Gasteiger partial charge on any atom is -0.455 e. The number of nitrogens with zero attached hydrogens (tertiary/aromatic N) is 4. The Morgan fingerprint density at radius 1 is 0.464 bits per heavy atom. The van der Waals surface area contributed by atoms with Gasteiger partial charge < -0.3 is 13.6 Å². The van der Waals surface area contributed by atoms with Crippen LogP contribution < -0.4 is 0 Å². The van der Waals surface area contributed by atoms with Crippen LogP contribution in [0.2, 0.25) is 0 Å². The summed E-state index contributed by atoms with van der Waals surface area (Å²) in [5.41, 5.74) is 13.5. The zero-order chi connectivity index (χ0) is 36.9. The van der Waals surface area contributed by atoms with Crippen LogP contribution >= 0.6 is 0 Å². The van der Waals surface area contributed by atoms with Crippen molar-refractivity contribution < 1.29 is 4.42 Å². The topological polar surface area (TPSA) is 48.8 Å². The van der Waals surface area contributed by atoms with Crippen molar-refractivity contribution in [2.75, 3.05) is 0 Å². The van der Waals surface area contributed by atoms with Gasteiger partial charge in [-0.2, -0.15) is 0 Å². The van der Waals surface area contributed by atoms with Crippen molar-refractivity contribution in [3.63, 3.8) is 0 Å². The van der Waals surface area contributed by atoms with Gasteiger partial charge in [-0.3, -0.25) is 0 Å². The first-order valence-electron chi connectivity index (χ1n) is 19.0. The smallest absolute Gasteiger partial charge is 0.160 e. The summed E-state index contributed by atoms with van der Waals surface area (Å²) in [6.07, 6.45) is 0. The number of hydrogen-bond acceptors (Lipinski definition) is 3. The van der Waals surface area contributed by atoms with Crippen LogP contribution in [0.3, 0.4) is 0 Å². The summed E-state index contributed by atoms with van der Waals surface area (Å²) >= 11 is 0.